The number of aliphatic imine (C=N–C) groups is 2. The largest absolute Gasteiger partial charge is 0.342 e. The molecule has 182 valence electrons. The van der Waals surface area contributed by atoms with E-state index in [1.807, 2.05) is 19.9 Å². The average Bonchev–Trinajstić information content (AvgIpc) is 2.82. The Bertz CT molecular complexity index is 1240. The van der Waals surface area contributed by atoms with E-state index in [0.717, 1.165) is 70.4 Å². The minimum absolute atomic E-state index is 0.269. The van der Waals surface area contributed by atoms with E-state index in [9.17, 15) is 4.39 Å². The average molecular weight is 491 g/mol. The second kappa shape index (κ2) is 10.6. The van der Waals surface area contributed by atoms with Gasteiger partial charge in [0.05, 0.1) is 23.1 Å². The molecule has 0 aliphatic carbocycles. The van der Waals surface area contributed by atoms with E-state index >= 15 is 0 Å². The highest BCUT2D eigenvalue weighted by Gasteiger charge is 2.23. The van der Waals surface area contributed by atoms with Crippen LogP contribution in [-0.4, -0.2) is 41.2 Å². The summed E-state index contributed by atoms with van der Waals surface area (Å²) < 4.78 is 13.7. The van der Waals surface area contributed by atoms with Crippen molar-refractivity contribution in [3.05, 3.63) is 93.3 Å². The summed E-state index contributed by atoms with van der Waals surface area (Å²) in [5.41, 5.74) is 7.06. The molecule has 35 heavy (non-hydrogen) atoms. The number of amidine groups is 2. The van der Waals surface area contributed by atoms with Gasteiger partial charge < -0.3 is 9.80 Å². The van der Waals surface area contributed by atoms with Crippen molar-refractivity contribution in [2.75, 3.05) is 19.8 Å². The van der Waals surface area contributed by atoms with Crippen LogP contribution in [0.4, 0.5) is 15.8 Å². The predicted octanol–water partition coefficient (Wildman–Crippen LogP) is 7.51. The van der Waals surface area contributed by atoms with E-state index in [2.05, 4.69) is 54.8 Å². The number of nitrogens with zero attached hydrogens (tertiary/aromatic N) is 4. The van der Waals surface area contributed by atoms with Crippen LogP contribution in [0.1, 0.15) is 41.2 Å². The van der Waals surface area contributed by atoms with Gasteiger partial charge in [-0.25, -0.2) is 14.4 Å². The lowest BCUT2D eigenvalue weighted by atomic mass is 10.1. The molecular formula is C29H32ClFN4. The Morgan fingerprint density at radius 1 is 0.829 bits per heavy atom. The van der Waals surface area contributed by atoms with E-state index in [0.29, 0.717) is 11.7 Å². The van der Waals surface area contributed by atoms with Crippen molar-refractivity contribution in [2.24, 2.45) is 9.98 Å². The minimum atomic E-state index is -0.269. The van der Waals surface area contributed by atoms with E-state index in [4.69, 9.17) is 21.6 Å². The van der Waals surface area contributed by atoms with Gasteiger partial charge in [-0.3, -0.25) is 0 Å². The molecule has 0 saturated carbocycles. The maximum Gasteiger partial charge on any atom is 0.138 e. The summed E-state index contributed by atoms with van der Waals surface area (Å²) in [7, 11) is 0. The number of hydrogen-bond acceptors (Lipinski definition) is 2. The Hall–Kier alpha value is -3.18. The summed E-state index contributed by atoms with van der Waals surface area (Å²) in [6.45, 7) is 12.7. The van der Waals surface area contributed by atoms with E-state index in [1.165, 1.54) is 12.1 Å². The second-order valence-corrected chi connectivity index (χ2v) is 9.68. The number of halogens is 2. The number of benzene rings is 3. The molecule has 0 atom stereocenters. The van der Waals surface area contributed by atoms with Gasteiger partial charge >= 0.3 is 0 Å². The molecule has 3 aromatic carbocycles. The van der Waals surface area contributed by atoms with Crippen molar-refractivity contribution < 1.29 is 4.39 Å². The van der Waals surface area contributed by atoms with Crippen molar-refractivity contribution in [3.63, 3.8) is 0 Å². The van der Waals surface area contributed by atoms with Gasteiger partial charge in [-0.05, 0) is 93.6 Å². The summed E-state index contributed by atoms with van der Waals surface area (Å²) in [5.74, 6) is 1.48. The van der Waals surface area contributed by atoms with Crippen LogP contribution in [0.25, 0.3) is 0 Å². The first kappa shape index (κ1) is 24.9. The van der Waals surface area contributed by atoms with Gasteiger partial charge in [-0.1, -0.05) is 35.9 Å². The lowest BCUT2D eigenvalue weighted by Gasteiger charge is -2.38. The zero-order valence-corrected chi connectivity index (χ0v) is 21.8. The molecule has 1 saturated heterocycles. The Kier molecular flexibility index (Phi) is 7.56. The summed E-state index contributed by atoms with van der Waals surface area (Å²) in [6, 6.07) is 16.8. The molecule has 0 aromatic heterocycles. The smallest absolute Gasteiger partial charge is 0.138 e. The molecule has 0 amide bonds. The van der Waals surface area contributed by atoms with Gasteiger partial charge in [0.15, 0.2) is 0 Å². The summed E-state index contributed by atoms with van der Waals surface area (Å²) in [5, 5.41) is 0.615. The Morgan fingerprint density at radius 3 is 2.14 bits per heavy atom. The number of rotatable bonds is 3. The topological polar surface area (TPSA) is 31.2 Å². The summed E-state index contributed by atoms with van der Waals surface area (Å²) in [6.07, 6.45) is 0.959. The predicted molar refractivity (Wildman–Crippen MR) is 145 cm³/mol. The Labute approximate surface area is 212 Å². The minimum Gasteiger partial charge on any atom is -0.342 e. The third-order valence-corrected chi connectivity index (χ3v) is 6.67. The van der Waals surface area contributed by atoms with Crippen molar-refractivity contribution in [2.45, 2.75) is 41.0 Å². The number of hydrogen-bond donors (Lipinski definition) is 0. The molecule has 1 aliphatic heterocycles. The molecule has 6 heteroatoms. The van der Waals surface area contributed by atoms with Crippen LogP contribution in [0.3, 0.4) is 0 Å². The Morgan fingerprint density at radius 2 is 1.49 bits per heavy atom. The van der Waals surface area contributed by atoms with Crippen LogP contribution in [0.15, 0.2) is 64.6 Å². The van der Waals surface area contributed by atoms with Crippen LogP contribution in [0, 0.1) is 33.5 Å². The molecule has 3 aromatic rings. The van der Waals surface area contributed by atoms with Crippen LogP contribution < -0.4 is 0 Å². The first-order chi connectivity index (χ1) is 16.7. The third-order valence-electron chi connectivity index (χ3n) is 6.39. The molecule has 0 radical (unpaired) electrons. The van der Waals surface area contributed by atoms with Crippen LogP contribution in [-0.2, 0) is 0 Å². The molecule has 4 rings (SSSR count). The van der Waals surface area contributed by atoms with Crippen LogP contribution >= 0.6 is 11.6 Å². The normalized spacial score (nSPS) is 15.1. The van der Waals surface area contributed by atoms with Crippen LogP contribution in [0.5, 0.6) is 0 Å². The SMILES string of the molecule is C/C(=N\c1c(C)cccc1C)N1CCCN(/C(=N/c2c(C)cc(C)cc2Cl)c2ccc(F)cc2)C1. The highest BCUT2D eigenvalue weighted by atomic mass is 35.5. The van der Waals surface area contributed by atoms with E-state index in [-0.39, 0.29) is 5.82 Å². The van der Waals surface area contributed by atoms with Crippen molar-refractivity contribution in [1.82, 2.24) is 9.80 Å². The fourth-order valence-electron chi connectivity index (χ4n) is 4.52. The summed E-state index contributed by atoms with van der Waals surface area (Å²) >= 11 is 6.61. The molecule has 0 N–H and O–H groups in total. The maximum atomic E-state index is 13.7. The lowest BCUT2D eigenvalue weighted by molar-refractivity contribution is 0.213. The molecule has 0 spiro atoms. The third kappa shape index (κ3) is 5.73. The Balaban J connectivity index is 1.71. The standard InChI is InChI=1S/C29H32ClFN4/c1-19-16-22(4)28(26(30)17-19)33-29(24-10-12-25(31)13-11-24)35-15-7-14-34(18-35)23(5)32-27-20(2)8-6-9-21(27)3/h6,8-13,16-17H,7,14-15,18H2,1-5H3/b32-23+,33-29+. The quantitative estimate of drug-likeness (QED) is 0.281. The zero-order chi connectivity index (χ0) is 25.1. The maximum absolute atomic E-state index is 13.7. The fraction of sp³-hybridized carbons (Fsp3) is 0.310. The molecule has 0 bridgehead atoms. The molecular weight excluding hydrogens is 459 g/mol. The number of aryl methyl sites for hydroxylation is 4. The molecule has 0 unspecified atom stereocenters. The van der Waals surface area contributed by atoms with Gasteiger partial charge in [0.1, 0.15) is 17.5 Å². The molecule has 1 fully saturated rings. The first-order valence-electron chi connectivity index (χ1n) is 12.0. The molecule has 1 heterocycles. The monoisotopic (exact) mass is 490 g/mol. The van der Waals surface area contributed by atoms with Gasteiger partial charge in [0.2, 0.25) is 0 Å². The lowest BCUT2D eigenvalue weighted by Crippen LogP contribution is -2.49. The van der Waals surface area contributed by atoms with Gasteiger partial charge in [0, 0.05) is 18.7 Å². The van der Waals surface area contributed by atoms with Gasteiger partial charge in [-0.15, -0.1) is 0 Å². The zero-order valence-electron chi connectivity index (χ0n) is 21.1. The molecule has 1 aliphatic rings. The van der Waals surface area contributed by atoms with E-state index < -0.39 is 0 Å². The second-order valence-electron chi connectivity index (χ2n) is 9.28. The van der Waals surface area contributed by atoms with Crippen LogP contribution in [0.2, 0.25) is 5.02 Å². The van der Waals surface area contributed by atoms with Gasteiger partial charge in [0.25, 0.3) is 0 Å². The fourth-order valence-corrected chi connectivity index (χ4v) is 4.89. The van der Waals surface area contributed by atoms with E-state index in [1.54, 1.807) is 12.1 Å². The summed E-state index contributed by atoms with van der Waals surface area (Å²) in [4.78, 5) is 14.5. The molecule has 4 nitrogen and oxygen atoms in total. The number of para-hydroxylation sites is 1. The highest BCUT2D eigenvalue weighted by Crippen LogP contribution is 2.32. The highest BCUT2D eigenvalue weighted by molar-refractivity contribution is 6.33. The van der Waals surface area contributed by atoms with Crippen molar-refractivity contribution >= 4 is 34.6 Å². The first-order valence-corrected chi connectivity index (χ1v) is 12.3. The van der Waals surface area contributed by atoms with Crippen molar-refractivity contribution in [3.8, 4) is 0 Å². The van der Waals surface area contributed by atoms with Crippen molar-refractivity contribution in [1.29, 1.82) is 0 Å². The van der Waals surface area contributed by atoms with Gasteiger partial charge in [-0.2, -0.15) is 0 Å².